The lowest BCUT2D eigenvalue weighted by atomic mass is 9.78. The summed E-state index contributed by atoms with van der Waals surface area (Å²) in [6.45, 7) is 8.34. The number of benzene rings is 1. The van der Waals surface area contributed by atoms with Crippen LogP contribution in [-0.4, -0.2) is 21.4 Å². The van der Waals surface area contributed by atoms with E-state index >= 15 is 0 Å². The summed E-state index contributed by atoms with van der Waals surface area (Å²) in [7, 11) is 0. The molecular weight excluding hydrogens is 345 g/mol. The van der Waals surface area contributed by atoms with E-state index in [2.05, 4.69) is 36.1 Å². The molecule has 0 aliphatic rings. The van der Waals surface area contributed by atoms with Crippen molar-refractivity contribution >= 4 is 16.8 Å². The van der Waals surface area contributed by atoms with Crippen LogP contribution < -0.4 is 5.32 Å². The number of oxazole rings is 1. The number of carbonyl (C=O) groups excluding carboxylic acids is 1. The van der Waals surface area contributed by atoms with Gasteiger partial charge in [0.1, 0.15) is 17.6 Å². The molecule has 0 bridgehead atoms. The number of carbonyl (C=O) groups is 1. The van der Waals surface area contributed by atoms with Crippen molar-refractivity contribution in [2.45, 2.75) is 46.1 Å². The summed E-state index contributed by atoms with van der Waals surface area (Å²) in [5, 5.41) is 3.70. The van der Waals surface area contributed by atoms with Crippen LogP contribution in [0.25, 0.3) is 10.9 Å². The van der Waals surface area contributed by atoms with Gasteiger partial charge in [-0.2, -0.15) is 0 Å². The molecule has 1 atom stereocenters. The molecule has 6 heteroatoms. The molecule has 142 valence electrons. The highest BCUT2D eigenvalue weighted by atomic mass is 19.1. The SMILES string of the molecule is CC(C)(C)CC(C)(Cc1ncco1)NC(=O)c1cnc2c(F)cccc2c1. The summed E-state index contributed by atoms with van der Waals surface area (Å²) in [6.07, 6.45) is 5.72. The van der Waals surface area contributed by atoms with Crippen LogP contribution in [0.1, 0.15) is 50.4 Å². The molecule has 3 aromatic rings. The molecule has 2 heterocycles. The van der Waals surface area contributed by atoms with Crippen molar-refractivity contribution in [1.82, 2.24) is 15.3 Å². The molecule has 1 N–H and O–H groups in total. The van der Waals surface area contributed by atoms with Gasteiger partial charge in [-0.3, -0.25) is 9.78 Å². The van der Waals surface area contributed by atoms with Crippen LogP contribution in [0, 0.1) is 11.2 Å². The minimum atomic E-state index is -0.558. The lowest BCUT2D eigenvalue weighted by Crippen LogP contribution is -2.50. The molecule has 27 heavy (non-hydrogen) atoms. The highest BCUT2D eigenvalue weighted by Crippen LogP contribution is 2.30. The van der Waals surface area contributed by atoms with E-state index in [1.54, 1.807) is 24.4 Å². The van der Waals surface area contributed by atoms with Gasteiger partial charge in [0.2, 0.25) is 0 Å². The van der Waals surface area contributed by atoms with Crippen LogP contribution in [0.2, 0.25) is 0 Å². The van der Waals surface area contributed by atoms with E-state index in [0.29, 0.717) is 23.3 Å². The zero-order valence-electron chi connectivity index (χ0n) is 16.0. The standard InChI is InChI=1S/C21H24FN3O2/c1-20(2,3)13-21(4,11-17-23-8-9-27-17)25-19(26)15-10-14-6-5-7-16(22)18(14)24-12-15/h5-10,12H,11,13H2,1-4H3,(H,25,26). The highest BCUT2D eigenvalue weighted by Gasteiger charge is 2.33. The maximum atomic E-state index is 13.8. The predicted octanol–water partition coefficient (Wildman–Crippen LogP) is 4.53. The van der Waals surface area contributed by atoms with Crippen LogP contribution in [0.5, 0.6) is 0 Å². The first-order valence-electron chi connectivity index (χ1n) is 8.90. The quantitative estimate of drug-likeness (QED) is 0.717. The second-order valence-corrected chi connectivity index (χ2v) is 8.39. The summed E-state index contributed by atoms with van der Waals surface area (Å²) >= 11 is 0. The molecule has 0 saturated carbocycles. The van der Waals surface area contributed by atoms with Crippen molar-refractivity contribution in [1.29, 1.82) is 0 Å². The van der Waals surface area contributed by atoms with Crippen LogP contribution in [0.15, 0.2) is 47.3 Å². The number of rotatable bonds is 5. The van der Waals surface area contributed by atoms with Gasteiger partial charge in [0.15, 0.2) is 5.89 Å². The maximum absolute atomic E-state index is 13.8. The third-order valence-corrected chi connectivity index (χ3v) is 4.28. The molecule has 2 aromatic heterocycles. The second-order valence-electron chi connectivity index (χ2n) is 8.39. The number of fused-ring (bicyclic) bond motifs is 1. The number of amides is 1. The Morgan fingerprint density at radius 2 is 2.00 bits per heavy atom. The molecular formula is C21H24FN3O2. The second kappa shape index (κ2) is 7.10. The van der Waals surface area contributed by atoms with Crippen molar-refractivity contribution < 1.29 is 13.6 Å². The summed E-state index contributed by atoms with van der Waals surface area (Å²) < 4.78 is 19.2. The number of aromatic nitrogens is 2. The van der Waals surface area contributed by atoms with Crippen molar-refractivity contribution in [3.05, 3.63) is 60.2 Å². The Balaban J connectivity index is 1.87. The van der Waals surface area contributed by atoms with E-state index in [0.717, 1.165) is 6.42 Å². The number of para-hydroxylation sites is 1. The number of pyridine rings is 1. The van der Waals surface area contributed by atoms with E-state index in [9.17, 15) is 9.18 Å². The summed E-state index contributed by atoms with van der Waals surface area (Å²) in [5.74, 6) is -0.0892. The predicted molar refractivity (Wildman–Crippen MR) is 102 cm³/mol. The van der Waals surface area contributed by atoms with Crippen LogP contribution in [0.4, 0.5) is 4.39 Å². The van der Waals surface area contributed by atoms with Crippen molar-refractivity contribution in [3.63, 3.8) is 0 Å². The summed E-state index contributed by atoms with van der Waals surface area (Å²) in [5.41, 5.74) is 0.0724. The molecule has 5 nitrogen and oxygen atoms in total. The maximum Gasteiger partial charge on any atom is 0.253 e. The number of nitrogens with zero attached hydrogens (tertiary/aromatic N) is 2. The van der Waals surface area contributed by atoms with E-state index in [1.165, 1.54) is 18.5 Å². The first-order valence-corrected chi connectivity index (χ1v) is 8.90. The zero-order valence-corrected chi connectivity index (χ0v) is 16.0. The van der Waals surface area contributed by atoms with Gasteiger partial charge in [-0.25, -0.2) is 9.37 Å². The zero-order chi connectivity index (χ0) is 19.7. The van der Waals surface area contributed by atoms with Gasteiger partial charge in [0.05, 0.1) is 11.8 Å². The van der Waals surface area contributed by atoms with Crippen LogP contribution in [-0.2, 0) is 6.42 Å². The summed E-state index contributed by atoms with van der Waals surface area (Å²) in [4.78, 5) is 21.2. The Hall–Kier alpha value is -2.76. The number of hydrogen-bond acceptors (Lipinski definition) is 4. The average Bonchev–Trinajstić information content (AvgIpc) is 3.05. The number of hydrogen-bond donors (Lipinski definition) is 1. The first-order chi connectivity index (χ1) is 12.7. The Morgan fingerprint density at radius 3 is 2.67 bits per heavy atom. The number of nitrogens with one attached hydrogen (secondary N) is 1. The van der Waals surface area contributed by atoms with E-state index < -0.39 is 11.4 Å². The largest absolute Gasteiger partial charge is 0.449 e. The molecule has 0 saturated heterocycles. The van der Waals surface area contributed by atoms with Crippen molar-refractivity contribution in [2.75, 3.05) is 0 Å². The van der Waals surface area contributed by atoms with Gasteiger partial charge in [-0.1, -0.05) is 32.9 Å². The van der Waals surface area contributed by atoms with Gasteiger partial charge in [-0.05, 0) is 30.9 Å². The lowest BCUT2D eigenvalue weighted by molar-refractivity contribution is 0.0874. The average molecular weight is 369 g/mol. The topological polar surface area (TPSA) is 68.0 Å². The molecule has 0 spiro atoms. The minimum Gasteiger partial charge on any atom is -0.449 e. The van der Waals surface area contributed by atoms with Gasteiger partial charge in [0, 0.05) is 23.5 Å². The van der Waals surface area contributed by atoms with E-state index in [1.807, 2.05) is 6.92 Å². The molecule has 1 unspecified atom stereocenters. The fraction of sp³-hybridized carbons (Fsp3) is 0.381. The van der Waals surface area contributed by atoms with Crippen LogP contribution in [0.3, 0.4) is 0 Å². The Bertz CT molecular complexity index is 948. The van der Waals surface area contributed by atoms with Gasteiger partial charge in [0.25, 0.3) is 5.91 Å². The van der Waals surface area contributed by atoms with Crippen molar-refractivity contribution in [3.8, 4) is 0 Å². The third-order valence-electron chi connectivity index (χ3n) is 4.28. The molecule has 1 amide bonds. The normalized spacial score (nSPS) is 14.1. The Labute approximate surface area is 158 Å². The third kappa shape index (κ3) is 4.70. The van der Waals surface area contributed by atoms with Gasteiger partial charge < -0.3 is 9.73 Å². The summed E-state index contributed by atoms with van der Waals surface area (Å²) in [6, 6.07) is 6.35. The fourth-order valence-electron chi connectivity index (χ4n) is 3.59. The number of halogens is 1. The van der Waals surface area contributed by atoms with E-state index in [-0.39, 0.29) is 16.8 Å². The smallest absolute Gasteiger partial charge is 0.253 e. The molecule has 0 aliphatic heterocycles. The fourth-order valence-corrected chi connectivity index (χ4v) is 3.59. The molecule has 1 aromatic carbocycles. The van der Waals surface area contributed by atoms with E-state index in [4.69, 9.17) is 4.42 Å². The van der Waals surface area contributed by atoms with Crippen LogP contribution >= 0.6 is 0 Å². The monoisotopic (exact) mass is 369 g/mol. The molecule has 0 aliphatic carbocycles. The van der Waals surface area contributed by atoms with Gasteiger partial charge in [-0.15, -0.1) is 0 Å². The molecule has 3 rings (SSSR count). The van der Waals surface area contributed by atoms with Crippen molar-refractivity contribution in [2.24, 2.45) is 5.41 Å². The Kier molecular flexibility index (Phi) is 5.00. The Morgan fingerprint density at radius 1 is 1.22 bits per heavy atom. The highest BCUT2D eigenvalue weighted by molar-refractivity contribution is 5.97. The van der Waals surface area contributed by atoms with Gasteiger partial charge >= 0.3 is 0 Å². The molecule has 0 radical (unpaired) electrons. The molecule has 0 fully saturated rings. The minimum absolute atomic E-state index is 0.0145. The first kappa shape index (κ1) is 19.0. The lowest BCUT2D eigenvalue weighted by Gasteiger charge is -2.36.